The summed E-state index contributed by atoms with van der Waals surface area (Å²) in [6, 6.07) is 0. The molecule has 0 aromatic carbocycles. The van der Waals surface area contributed by atoms with Crippen LogP contribution in [0.5, 0.6) is 0 Å². The van der Waals surface area contributed by atoms with Gasteiger partial charge in [0.25, 0.3) is 0 Å². The summed E-state index contributed by atoms with van der Waals surface area (Å²) in [5, 5.41) is 0. The fourth-order valence-corrected chi connectivity index (χ4v) is 1.38. The van der Waals surface area contributed by atoms with E-state index in [9.17, 15) is 4.79 Å². The van der Waals surface area contributed by atoms with Gasteiger partial charge in [0.2, 0.25) is 0 Å². The summed E-state index contributed by atoms with van der Waals surface area (Å²) < 4.78 is 5.15. The highest BCUT2D eigenvalue weighted by Crippen LogP contribution is 2.24. The van der Waals surface area contributed by atoms with E-state index in [-0.39, 0.29) is 6.10 Å². The van der Waals surface area contributed by atoms with Crippen molar-refractivity contribution in [1.29, 1.82) is 0 Å². The van der Waals surface area contributed by atoms with E-state index in [1.807, 2.05) is 6.08 Å². The molecule has 62 valence electrons. The molecule has 1 heterocycles. The Morgan fingerprint density at radius 2 is 2.36 bits per heavy atom. The molecule has 0 bridgehead atoms. The van der Waals surface area contributed by atoms with Gasteiger partial charge in [-0.15, -0.1) is 0 Å². The first kappa shape index (κ1) is 8.31. The first-order valence-electron chi connectivity index (χ1n) is 4.01. The van der Waals surface area contributed by atoms with Gasteiger partial charge in [0.15, 0.2) is 12.4 Å². The first-order valence-corrected chi connectivity index (χ1v) is 4.01. The molecule has 0 N–H and O–H groups in total. The van der Waals surface area contributed by atoms with Gasteiger partial charge in [-0.3, -0.25) is 4.79 Å². The number of ether oxygens (including phenoxy) is 1. The number of rotatable bonds is 2. The van der Waals surface area contributed by atoms with Crippen molar-refractivity contribution in [3.8, 4) is 0 Å². The van der Waals surface area contributed by atoms with Crippen molar-refractivity contribution in [2.75, 3.05) is 0 Å². The van der Waals surface area contributed by atoms with Crippen LogP contribution in [-0.2, 0) is 9.53 Å². The lowest BCUT2D eigenvalue weighted by atomic mass is 9.87. The molecule has 2 heteroatoms. The molecule has 0 aromatic heterocycles. The molecular weight excluding hydrogens is 140 g/mol. The number of aldehydes is 1. The van der Waals surface area contributed by atoms with Crippen molar-refractivity contribution in [3.05, 3.63) is 12.3 Å². The zero-order chi connectivity index (χ0) is 8.27. The molecule has 2 nitrogen and oxygen atoms in total. The van der Waals surface area contributed by atoms with Crippen LogP contribution >= 0.6 is 0 Å². The van der Waals surface area contributed by atoms with Crippen molar-refractivity contribution in [2.45, 2.75) is 26.4 Å². The predicted octanol–water partition coefficient (Wildman–Crippen LogP) is 1.76. The SMILES string of the molecule is CC(C)C1CC=COC1C=O. The second kappa shape index (κ2) is 3.56. The third-order valence-corrected chi connectivity index (χ3v) is 2.15. The molecule has 0 saturated carbocycles. The molecule has 0 radical (unpaired) electrons. The fourth-order valence-electron chi connectivity index (χ4n) is 1.38. The van der Waals surface area contributed by atoms with E-state index in [1.54, 1.807) is 6.26 Å². The van der Waals surface area contributed by atoms with Gasteiger partial charge in [-0.25, -0.2) is 0 Å². The normalized spacial score (nSPS) is 30.1. The smallest absolute Gasteiger partial charge is 0.160 e. The molecule has 0 spiro atoms. The van der Waals surface area contributed by atoms with E-state index in [1.165, 1.54) is 0 Å². The molecule has 1 aliphatic heterocycles. The first-order chi connectivity index (χ1) is 5.25. The van der Waals surface area contributed by atoms with Crippen molar-refractivity contribution in [1.82, 2.24) is 0 Å². The summed E-state index contributed by atoms with van der Waals surface area (Å²) in [6.45, 7) is 4.23. The highest BCUT2D eigenvalue weighted by molar-refractivity contribution is 5.57. The highest BCUT2D eigenvalue weighted by atomic mass is 16.5. The van der Waals surface area contributed by atoms with Crippen LogP contribution in [0.3, 0.4) is 0 Å². The number of carbonyl (C=O) groups is 1. The van der Waals surface area contributed by atoms with Crippen molar-refractivity contribution >= 4 is 6.29 Å². The zero-order valence-corrected chi connectivity index (χ0v) is 6.99. The fraction of sp³-hybridized carbons (Fsp3) is 0.667. The molecule has 2 unspecified atom stereocenters. The number of carbonyl (C=O) groups excluding carboxylic acids is 1. The standard InChI is InChI=1S/C9H14O2/c1-7(2)8-4-3-5-11-9(8)6-10/h3,5-9H,4H2,1-2H3. The summed E-state index contributed by atoms with van der Waals surface area (Å²) >= 11 is 0. The lowest BCUT2D eigenvalue weighted by Gasteiger charge is -2.27. The van der Waals surface area contributed by atoms with E-state index < -0.39 is 0 Å². The van der Waals surface area contributed by atoms with E-state index in [2.05, 4.69) is 13.8 Å². The van der Waals surface area contributed by atoms with Gasteiger partial charge in [-0.1, -0.05) is 13.8 Å². The lowest BCUT2D eigenvalue weighted by Crippen LogP contribution is -2.29. The molecule has 0 aromatic rings. The minimum atomic E-state index is -0.222. The van der Waals surface area contributed by atoms with Crippen LogP contribution in [0.25, 0.3) is 0 Å². The summed E-state index contributed by atoms with van der Waals surface area (Å²) in [4.78, 5) is 10.5. The van der Waals surface area contributed by atoms with Gasteiger partial charge in [0.05, 0.1) is 6.26 Å². The Morgan fingerprint density at radius 3 is 2.82 bits per heavy atom. The van der Waals surface area contributed by atoms with Gasteiger partial charge in [0.1, 0.15) is 0 Å². The zero-order valence-electron chi connectivity index (χ0n) is 6.99. The maximum atomic E-state index is 10.5. The summed E-state index contributed by atoms with van der Waals surface area (Å²) in [7, 11) is 0. The van der Waals surface area contributed by atoms with Crippen molar-refractivity contribution in [2.24, 2.45) is 11.8 Å². The van der Waals surface area contributed by atoms with Crippen LogP contribution in [0.15, 0.2) is 12.3 Å². The van der Waals surface area contributed by atoms with E-state index in [0.717, 1.165) is 12.7 Å². The maximum Gasteiger partial charge on any atom is 0.160 e. The molecule has 0 amide bonds. The quantitative estimate of drug-likeness (QED) is 0.566. The van der Waals surface area contributed by atoms with E-state index >= 15 is 0 Å². The molecule has 1 aliphatic rings. The van der Waals surface area contributed by atoms with Crippen molar-refractivity contribution in [3.63, 3.8) is 0 Å². The second-order valence-corrected chi connectivity index (χ2v) is 3.25. The Hall–Kier alpha value is -0.790. The number of hydrogen-bond acceptors (Lipinski definition) is 2. The van der Waals surface area contributed by atoms with Gasteiger partial charge in [-0.2, -0.15) is 0 Å². The van der Waals surface area contributed by atoms with Crippen LogP contribution in [-0.4, -0.2) is 12.4 Å². The van der Waals surface area contributed by atoms with Crippen LogP contribution in [0.1, 0.15) is 20.3 Å². The Labute approximate surface area is 67.2 Å². The lowest BCUT2D eigenvalue weighted by molar-refractivity contribution is -0.119. The van der Waals surface area contributed by atoms with Gasteiger partial charge in [-0.05, 0) is 18.4 Å². The Morgan fingerprint density at radius 1 is 1.64 bits per heavy atom. The molecular formula is C9H14O2. The van der Waals surface area contributed by atoms with E-state index in [0.29, 0.717) is 11.8 Å². The second-order valence-electron chi connectivity index (χ2n) is 3.25. The van der Waals surface area contributed by atoms with Gasteiger partial charge in [0, 0.05) is 5.92 Å². The molecule has 2 atom stereocenters. The topological polar surface area (TPSA) is 26.3 Å². The molecule has 0 aliphatic carbocycles. The third kappa shape index (κ3) is 1.82. The molecule has 11 heavy (non-hydrogen) atoms. The minimum absolute atomic E-state index is 0.222. The van der Waals surface area contributed by atoms with Crippen molar-refractivity contribution < 1.29 is 9.53 Å². The minimum Gasteiger partial charge on any atom is -0.491 e. The van der Waals surface area contributed by atoms with Crippen LogP contribution < -0.4 is 0 Å². The average molecular weight is 154 g/mol. The molecule has 0 fully saturated rings. The highest BCUT2D eigenvalue weighted by Gasteiger charge is 2.25. The largest absolute Gasteiger partial charge is 0.491 e. The molecule has 1 rings (SSSR count). The number of allylic oxidation sites excluding steroid dienone is 1. The number of hydrogen-bond donors (Lipinski definition) is 0. The average Bonchev–Trinajstić information content (AvgIpc) is 2.04. The van der Waals surface area contributed by atoms with Crippen LogP contribution in [0.4, 0.5) is 0 Å². The summed E-state index contributed by atoms with van der Waals surface area (Å²) in [6.07, 6.45) is 5.23. The Bertz CT molecular complexity index is 161. The Kier molecular flexibility index (Phi) is 2.69. The van der Waals surface area contributed by atoms with Crippen LogP contribution in [0.2, 0.25) is 0 Å². The third-order valence-electron chi connectivity index (χ3n) is 2.15. The summed E-state index contributed by atoms with van der Waals surface area (Å²) in [5.41, 5.74) is 0. The van der Waals surface area contributed by atoms with Gasteiger partial charge >= 0.3 is 0 Å². The Balaban J connectivity index is 2.61. The summed E-state index contributed by atoms with van der Waals surface area (Å²) in [5.74, 6) is 0.868. The van der Waals surface area contributed by atoms with Crippen LogP contribution in [0, 0.1) is 11.8 Å². The monoisotopic (exact) mass is 154 g/mol. The van der Waals surface area contributed by atoms with E-state index in [4.69, 9.17) is 4.74 Å². The molecule has 0 saturated heterocycles. The predicted molar refractivity (Wildman–Crippen MR) is 43.0 cm³/mol. The maximum absolute atomic E-state index is 10.5. The van der Waals surface area contributed by atoms with Gasteiger partial charge < -0.3 is 4.74 Å².